The Morgan fingerprint density at radius 1 is 0.944 bits per heavy atom. The van der Waals surface area contributed by atoms with E-state index in [0.29, 0.717) is 23.6 Å². The molecular formula is C29H35N5O2. The van der Waals surface area contributed by atoms with Crippen LogP contribution in [-0.2, 0) is 16.1 Å². The molecule has 1 atom stereocenters. The van der Waals surface area contributed by atoms with Gasteiger partial charge in [0.25, 0.3) is 0 Å². The predicted octanol–water partition coefficient (Wildman–Crippen LogP) is 5.07. The normalized spacial score (nSPS) is 14.9. The molecule has 1 aromatic heterocycles. The molecule has 7 heteroatoms. The van der Waals surface area contributed by atoms with E-state index in [4.69, 9.17) is 14.7 Å². The van der Waals surface area contributed by atoms with E-state index in [1.165, 1.54) is 18.4 Å². The van der Waals surface area contributed by atoms with Crippen LogP contribution in [0, 0.1) is 11.3 Å². The molecule has 0 N–H and O–H groups in total. The van der Waals surface area contributed by atoms with Crippen molar-refractivity contribution in [3.05, 3.63) is 65.9 Å². The molecule has 188 valence electrons. The van der Waals surface area contributed by atoms with Crippen molar-refractivity contribution in [3.8, 4) is 6.07 Å². The Bertz CT molecular complexity index is 1170. The predicted molar refractivity (Wildman–Crippen MR) is 142 cm³/mol. The fourth-order valence-electron chi connectivity index (χ4n) is 4.58. The SMILES string of the molecule is CCCCCCCOC(=O)[C@@H](C#N)c1nc2ccccc2nc1N1CCN(Cc2ccccc2)CC1. The van der Waals surface area contributed by atoms with E-state index in [-0.39, 0.29) is 0 Å². The molecule has 0 unspecified atom stereocenters. The molecule has 4 rings (SSSR count). The molecule has 0 aliphatic carbocycles. The molecule has 3 aromatic rings. The lowest BCUT2D eigenvalue weighted by Gasteiger charge is -2.36. The second-order valence-corrected chi connectivity index (χ2v) is 9.31. The molecule has 7 nitrogen and oxygen atoms in total. The van der Waals surface area contributed by atoms with Crippen LogP contribution in [0.4, 0.5) is 5.82 Å². The molecule has 0 amide bonds. The summed E-state index contributed by atoms with van der Waals surface area (Å²) in [7, 11) is 0. The summed E-state index contributed by atoms with van der Waals surface area (Å²) in [4.78, 5) is 27.1. The molecule has 0 saturated carbocycles. The molecule has 1 fully saturated rings. The Balaban J connectivity index is 1.49. The first-order chi connectivity index (χ1) is 17.7. The number of para-hydroxylation sites is 2. The monoisotopic (exact) mass is 485 g/mol. The van der Waals surface area contributed by atoms with Gasteiger partial charge in [0.15, 0.2) is 11.7 Å². The molecule has 0 bridgehead atoms. The fourth-order valence-corrected chi connectivity index (χ4v) is 4.58. The molecule has 0 spiro atoms. The lowest BCUT2D eigenvalue weighted by atomic mass is 10.1. The van der Waals surface area contributed by atoms with Crippen molar-refractivity contribution in [2.24, 2.45) is 0 Å². The Hall–Kier alpha value is -3.50. The topological polar surface area (TPSA) is 82.3 Å². The van der Waals surface area contributed by atoms with Crippen LogP contribution in [0.3, 0.4) is 0 Å². The highest BCUT2D eigenvalue weighted by Gasteiger charge is 2.31. The van der Waals surface area contributed by atoms with Crippen molar-refractivity contribution in [2.75, 3.05) is 37.7 Å². The average Bonchev–Trinajstić information content (AvgIpc) is 2.92. The first-order valence-electron chi connectivity index (χ1n) is 13.0. The van der Waals surface area contributed by atoms with Crippen molar-refractivity contribution in [1.82, 2.24) is 14.9 Å². The number of hydrogen-bond acceptors (Lipinski definition) is 7. The Kier molecular flexibility index (Phi) is 9.23. The van der Waals surface area contributed by atoms with E-state index < -0.39 is 11.9 Å². The second kappa shape index (κ2) is 13.0. The van der Waals surface area contributed by atoms with Crippen molar-refractivity contribution in [1.29, 1.82) is 5.26 Å². The Labute approximate surface area is 213 Å². The summed E-state index contributed by atoms with van der Waals surface area (Å²) in [5, 5.41) is 9.98. The van der Waals surface area contributed by atoms with Crippen molar-refractivity contribution < 1.29 is 9.53 Å². The van der Waals surface area contributed by atoms with Crippen LogP contribution in [0.15, 0.2) is 54.6 Å². The van der Waals surface area contributed by atoms with Gasteiger partial charge in [-0.3, -0.25) is 9.69 Å². The zero-order valence-corrected chi connectivity index (χ0v) is 21.1. The van der Waals surface area contributed by atoms with Gasteiger partial charge in [-0.1, -0.05) is 75.1 Å². The summed E-state index contributed by atoms with van der Waals surface area (Å²) in [5.41, 5.74) is 3.11. The number of esters is 1. The highest BCUT2D eigenvalue weighted by atomic mass is 16.5. The number of carbonyl (C=O) groups excluding carboxylic acids is 1. The van der Waals surface area contributed by atoms with Gasteiger partial charge in [-0.05, 0) is 24.1 Å². The molecular weight excluding hydrogens is 450 g/mol. The first-order valence-corrected chi connectivity index (χ1v) is 13.0. The van der Waals surface area contributed by atoms with Gasteiger partial charge in [-0.2, -0.15) is 5.26 Å². The number of anilines is 1. The van der Waals surface area contributed by atoms with E-state index in [2.05, 4.69) is 47.1 Å². The summed E-state index contributed by atoms with van der Waals surface area (Å²) in [6.07, 6.45) is 5.31. The van der Waals surface area contributed by atoms with Gasteiger partial charge in [0.2, 0.25) is 0 Å². The summed E-state index contributed by atoms with van der Waals surface area (Å²) >= 11 is 0. The summed E-state index contributed by atoms with van der Waals surface area (Å²) in [6.45, 7) is 6.62. The number of rotatable bonds is 11. The molecule has 0 radical (unpaired) electrons. The summed E-state index contributed by atoms with van der Waals surface area (Å²) < 4.78 is 5.51. The number of hydrogen-bond donors (Lipinski definition) is 0. The number of ether oxygens (including phenoxy) is 1. The highest BCUT2D eigenvalue weighted by Crippen LogP contribution is 2.29. The lowest BCUT2D eigenvalue weighted by Crippen LogP contribution is -2.46. The number of aromatic nitrogens is 2. The van der Waals surface area contributed by atoms with Gasteiger partial charge in [-0.15, -0.1) is 0 Å². The number of unbranched alkanes of at least 4 members (excludes halogenated alkanes) is 4. The van der Waals surface area contributed by atoms with Gasteiger partial charge < -0.3 is 9.64 Å². The van der Waals surface area contributed by atoms with E-state index in [1.54, 1.807) is 0 Å². The maximum absolute atomic E-state index is 13.0. The van der Waals surface area contributed by atoms with Crippen LogP contribution in [0.5, 0.6) is 0 Å². The third-order valence-corrected chi connectivity index (χ3v) is 6.63. The summed E-state index contributed by atoms with van der Waals surface area (Å²) in [5.74, 6) is -1.03. The maximum atomic E-state index is 13.0. The first kappa shape index (κ1) is 25.6. The highest BCUT2D eigenvalue weighted by molar-refractivity contribution is 5.85. The number of fused-ring (bicyclic) bond motifs is 1. The largest absolute Gasteiger partial charge is 0.464 e. The number of carbonyl (C=O) groups is 1. The standard InChI is InChI=1S/C29H35N5O2/c1-2-3-4-5-11-20-36-29(35)24(21-30)27-28(32-26-15-10-9-14-25(26)31-27)34-18-16-33(17-19-34)22-23-12-7-6-8-13-23/h6-10,12-15,24H,2-5,11,16-20,22H2,1H3/t24-/m0/s1. The van der Waals surface area contributed by atoms with E-state index in [1.807, 2.05) is 30.3 Å². The molecule has 1 aliphatic rings. The van der Waals surface area contributed by atoms with Gasteiger partial charge in [-0.25, -0.2) is 9.97 Å². The Morgan fingerprint density at radius 3 is 2.31 bits per heavy atom. The van der Waals surface area contributed by atoms with Gasteiger partial charge in [0, 0.05) is 32.7 Å². The van der Waals surface area contributed by atoms with Crippen LogP contribution < -0.4 is 4.90 Å². The van der Waals surface area contributed by atoms with Crippen molar-refractivity contribution in [3.63, 3.8) is 0 Å². The smallest absolute Gasteiger partial charge is 0.329 e. The fraction of sp³-hybridized carbons (Fsp3) is 0.448. The number of nitriles is 1. The summed E-state index contributed by atoms with van der Waals surface area (Å²) in [6, 6.07) is 20.2. The lowest BCUT2D eigenvalue weighted by molar-refractivity contribution is -0.144. The molecule has 1 saturated heterocycles. The number of nitrogens with zero attached hydrogens (tertiary/aromatic N) is 5. The minimum Gasteiger partial charge on any atom is -0.464 e. The number of benzene rings is 2. The molecule has 2 aromatic carbocycles. The van der Waals surface area contributed by atoms with E-state index >= 15 is 0 Å². The van der Waals surface area contributed by atoms with Gasteiger partial charge in [0.1, 0.15) is 5.69 Å². The molecule has 1 aliphatic heterocycles. The van der Waals surface area contributed by atoms with Crippen LogP contribution in [0.1, 0.15) is 56.2 Å². The average molecular weight is 486 g/mol. The van der Waals surface area contributed by atoms with Crippen molar-refractivity contribution >= 4 is 22.8 Å². The second-order valence-electron chi connectivity index (χ2n) is 9.31. The van der Waals surface area contributed by atoms with Gasteiger partial charge >= 0.3 is 5.97 Å². The third kappa shape index (κ3) is 6.58. The zero-order chi connectivity index (χ0) is 25.2. The van der Waals surface area contributed by atoms with Crippen LogP contribution in [0.2, 0.25) is 0 Å². The van der Waals surface area contributed by atoms with Crippen LogP contribution in [-0.4, -0.2) is 53.6 Å². The number of piperazine rings is 1. The Morgan fingerprint density at radius 2 is 1.61 bits per heavy atom. The minimum atomic E-state index is -1.10. The van der Waals surface area contributed by atoms with Gasteiger partial charge in [0.05, 0.1) is 23.7 Å². The molecule has 36 heavy (non-hydrogen) atoms. The van der Waals surface area contributed by atoms with Crippen molar-refractivity contribution in [2.45, 2.75) is 51.5 Å². The minimum absolute atomic E-state index is 0.329. The quantitative estimate of drug-likeness (QED) is 0.277. The van der Waals surface area contributed by atoms with E-state index in [9.17, 15) is 10.1 Å². The molecule has 2 heterocycles. The van der Waals surface area contributed by atoms with Crippen LogP contribution >= 0.6 is 0 Å². The maximum Gasteiger partial charge on any atom is 0.329 e. The third-order valence-electron chi connectivity index (χ3n) is 6.63. The van der Waals surface area contributed by atoms with E-state index in [0.717, 1.165) is 57.5 Å². The zero-order valence-electron chi connectivity index (χ0n) is 21.1. The van der Waals surface area contributed by atoms with Crippen LogP contribution in [0.25, 0.3) is 11.0 Å².